The third kappa shape index (κ3) is 4.23. The second kappa shape index (κ2) is 8.04. The second-order valence-electron chi connectivity index (χ2n) is 7.31. The van der Waals surface area contributed by atoms with Crippen molar-refractivity contribution in [1.29, 1.82) is 0 Å². The Balaban J connectivity index is 1.46. The molecule has 0 unspecified atom stereocenters. The molecule has 0 radical (unpaired) electrons. The summed E-state index contributed by atoms with van der Waals surface area (Å²) in [4.78, 5) is 16.5. The summed E-state index contributed by atoms with van der Waals surface area (Å²) in [5.74, 6) is 1.43. The van der Waals surface area contributed by atoms with Crippen LogP contribution in [-0.2, 0) is 14.6 Å². The van der Waals surface area contributed by atoms with E-state index in [1.807, 2.05) is 59.5 Å². The Morgan fingerprint density at radius 1 is 0.966 bits per heavy atom. The first-order chi connectivity index (χ1) is 14.0. The number of carbonyl (C=O) groups is 1. The van der Waals surface area contributed by atoms with E-state index in [1.54, 1.807) is 12.0 Å². The summed E-state index contributed by atoms with van der Waals surface area (Å²) in [7, 11) is -1.60. The zero-order valence-corrected chi connectivity index (χ0v) is 17.0. The van der Waals surface area contributed by atoms with Crippen LogP contribution in [0.15, 0.2) is 54.6 Å². The highest BCUT2D eigenvalue weighted by Gasteiger charge is 2.49. The summed E-state index contributed by atoms with van der Waals surface area (Å²) in [5, 5.41) is 0. The minimum atomic E-state index is -3.20. The summed E-state index contributed by atoms with van der Waals surface area (Å²) in [6.45, 7) is 1.03. The molecule has 0 aliphatic carbocycles. The molecule has 2 aromatic rings. The molecule has 0 aromatic heterocycles. The first-order valence-electron chi connectivity index (χ1n) is 9.55. The molecule has 1 amide bonds. The van der Waals surface area contributed by atoms with Gasteiger partial charge in [0.2, 0.25) is 5.91 Å². The maximum atomic E-state index is 12.9. The molecular weight excluding hydrogens is 392 g/mol. The summed E-state index contributed by atoms with van der Waals surface area (Å²) in [6, 6.07) is 16.0. The Morgan fingerprint density at radius 3 is 2.31 bits per heavy atom. The Labute approximate surface area is 170 Å². The van der Waals surface area contributed by atoms with Crippen LogP contribution in [0.1, 0.15) is 0 Å². The van der Waals surface area contributed by atoms with Gasteiger partial charge in [0.25, 0.3) is 0 Å². The van der Waals surface area contributed by atoms with Gasteiger partial charge in [0.1, 0.15) is 18.1 Å². The number of amides is 1. The molecule has 0 saturated carbocycles. The molecular formula is C21H24N2O5S. The first kappa shape index (κ1) is 19.7. The molecule has 2 aliphatic heterocycles. The topological polar surface area (TPSA) is 76.2 Å². The zero-order chi connectivity index (χ0) is 20.4. The number of sulfone groups is 1. The van der Waals surface area contributed by atoms with Crippen LogP contribution in [0.2, 0.25) is 0 Å². The molecule has 154 valence electrons. The van der Waals surface area contributed by atoms with Crippen LogP contribution in [0.3, 0.4) is 0 Å². The third-order valence-electron chi connectivity index (χ3n) is 5.44. The normalized spacial score (nSPS) is 23.6. The highest BCUT2D eigenvalue weighted by Crippen LogP contribution is 2.31. The van der Waals surface area contributed by atoms with Gasteiger partial charge in [-0.25, -0.2) is 8.42 Å². The first-order valence-corrected chi connectivity index (χ1v) is 11.4. The number of hydrogen-bond acceptors (Lipinski definition) is 6. The number of para-hydroxylation sites is 1. The standard InChI is InChI=1S/C21H24N2O5S/c1-27-17-7-9-18(10-8-17)28-12-11-22-13-21(24)23(16-5-3-2-4-6-16)20-15-29(25,26)14-19(20)22/h2-10,19-20H,11-15H2,1H3/t19-,20-/m0/s1. The van der Waals surface area contributed by atoms with Crippen molar-refractivity contribution >= 4 is 21.4 Å². The van der Waals surface area contributed by atoms with Gasteiger partial charge in [-0.05, 0) is 36.4 Å². The number of rotatable bonds is 6. The molecule has 4 rings (SSSR count). The number of benzene rings is 2. The molecule has 0 N–H and O–H groups in total. The van der Waals surface area contributed by atoms with Gasteiger partial charge in [0.05, 0.1) is 31.2 Å². The number of fused-ring (bicyclic) bond motifs is 1. The predicted octanol–water partition coefficient (Wildman–Crippen LogP) is 1.59. The van der Waals surface area contributed by atoms with E-state index in [0.717, 1.165) is 11.4 Å². The number of ether oxygens (including phenoxy) is 2. The SMILES string of the molecule is COc1ccc(OCCN2CC(=O)N(c3ccccc3)[C@H]3CS(=O)(=O)C[C@@H]32)cc1. The van der Waals surface area contributed by atoms with Gasteiger partial charge in [0.15, 0.2) is 9.84 Å². The van der Waals surface area contributed by atoms with Crippen molar-refractivity contribution in [3.05, 3.63) is 54.6 Å². The largest absolute Gasteiger partial charge is 0.497 e. The van der Waals surface area contributed by atoms with Gasteiger partial charge < -0.3 is 14.4 Å². The van der Waals surface area contributed by atoms with Gasteiger partial charge in [0, 0.05) is 18.3 Å². The average Bonchev–Trinajstić information content (AvgIpc) is 3.04. The van der Waals surface area contributed by atoms with Crippen LogP contribution in [0.4, 0.5) is 5.69 Å². The highest BCUT2D eigenvalue weighted by molar-refractivity contribution is 7.91. The molecule has 29 heavy (non-hydrogen) atoms. The maximum absolute atomic E-state index is 12.9. The van der Waals surface area contributed by atoms with Crippen LogP contribution in [0.5, 0.6) is 11.5 Å². The molecule has 2 fully saturated rings. The number of carbonyl (C=O) groups excluding carboxylic acids is 1. The molecule has 8 heteroatoms. The van der Waals surface area contributed by atoms with Crippen LogP contribution in [0, 0.1) is 0 Å². The van der Waals surface area contributed by atoms with Gasteiger partial charge in [-0.1, -0.05) is 18.2 Å². The zero-order valence-electron chi connectivity index (χ0n) is 16.2. The van der Waals surface area contributed by atoms with Crippen molar-refractivity contribution < 1.29 is 22.7 Å². The fraction of sp³-hybridized carbons (Fsp3) is 0.381. The molecule has 2 aromatic carbocycles. The van der Waals surface area contributed by atoms with Crippen molar-refractivity contribution in [1.82, 2.24) is 4.90 Å². The van der Waals surface area contributed by atoms with Gasteiger partial charge >= 0.3 is 0 Å². The fourth-order valence-electron chi connectivity index (χ4n) is 4.08. The average molecular weight is 416 g/mol. The molecule has 2 heterocycles. The molecule has 7 nitrogen and oxygen atoms in total. The fourth-order valence-corrected chi connectivity index (χ4v) is 6.06. The van der Waals surface area contributed by atoms with E-state index in [0.29, 0.717) is 18.9 Å². The van der Waals surface area contributed by atoms with Gasteiger partial charge in [-0.3, -0.25) is 9.69 Å². The lowest BCUT2D eigenvalue weighted by Crippen LogP contribution is -2.62. The van der Waals surface area contributed by atoms with E-state index in [4.69, 9.17) is 9.47 Å². The van der Waals surface area contributed by atoms with Crippen molar-refractivity contribution in [3.63, 3.8) is 0 Å². The second-order valence-corrected chi connectivity index (χ2v) is 9.46. The molecule has 2 saturated heterocycles. The van der Waals surface area contributed by atoms with Crippen LogP contribution in [-0.4, -0.2) is 69.6 Å². The van der Waals surface area contributed by atoms with Crippen molar-refractivity contribution in [2.24, 2.45) is 0 Å². The quantitative estimate of drug-likeness (QED) is 0.712. The molecule has 2 atom stereocenters. The predicted molar refractivity (Wildman–Crippen MR) is 110 cm³/mol. The number of nitrogens with zero attached hydrogens (tertiary/aromatic N) is 2. The molecule has 2 aliphatic rings. The Morgan fingerprint density at radius 2 is 1.62 bits per heavy atom. The van der Waals surface area contributed by atoms with Gasteiger partial charge in [-0.2, -0.15) is 0 Å². The van der Waals surface area contributed by atoms with E-state index in [2.05, 4.69) is 0 Å². The van der Waals surface area contributed by atoms with Crippen molar-refractivity contribution in [2.75, 3.05) is 43.2 Å². The van der Waals surface area contributed by atoms with E-state index < -0.39 is 9.84 Å². The van der Waals surface area contributed by atoms with Gasteiger partial charge in [-0.15, -0.1) is 0 Å². The molecule has 0 bridgehead atoms. The third-order valence-corrected chi connectivity index (χ3v) is 7.14. The minimum Gasteiger partial charge on any atom is -0.497 e. The number of anilines is 1. The molecule has 0 spiro atoms. The lowest BCUT2D eigenvalue weighted by atomic mass is 10.0. The Hall–Kier alpha value is -2.58. The summed E-state index contributed by atoms with van der Waals surface area (Å²) < 4.78 is 35.7. The smallest absolute Gasteiger partial charge is 0.241 e. The van der Waals surface area contributed by atoms with E-state index in [9.17, 15) is 13.2 Å². The monoisotopic (exact) mass is 416 g/mol. The summed E-state index contributed by atoms with van der Waals surface area (Å²) in [5.41, 5.74) is 0.749. The van der Waals surface area contributed by atoms with E-state index in [-0.39, 0.29) is 36.0 Å². The van der Waals surface area contributed by atoms with Crippen LogP contribution < -0.4 is 14.4 Å². The van der Waals surface area contributed by atoms with Crippen LogP contribution in [0.25, 0.3) is 0 Å². The van der Waals surface area contributed by atoms with Crippen molar-refractivity contribution in [3.8, 4) is 11.5 Å². The summed E-state index contributed by atoms with van der Waals surface area (Å²) in [6.07, 6.45) is 0. The number of piperazine rings is 1. The number of methoxy groups -OCH3 is 1. The van der Waals surface area contributed by atoms with E-state index >= 15 is 0 Å². The number of hydrogen-bond donors (Lipinski definition) is 0. The Bertz CT molecular complexity index is 962. The maximum Gasteiger partial charge on any atom is 0.241 e. The summed E-state index contributed by atoms with van der Waals surface area (Å²) >= 11 is 0. The van der Waals surface area contributed by atoms with E-state index in [1.165, 1.54) is 0 Å². The highest BCUT2D eigenvalue weighted by atomic mass is 32.2. The van der Waals surface area contributed by atoms with Crippen molar-refractivity contribution in [2.45, 2.75) is 12.1 Å². The minimum absolute atomic E-state index is 0.00582. The lowest BCUT2D eigenvalue weighted by molar-refractivity contribution is -0.123. The lowest BCUT2D eigenvalue weighted by Gasteiger charge is -2.43. The Kier molecular flexibility index (Phi) is 5.47. The van der Waals surface area contributed by atoms with Crippen LogP contribution >= 0.6 is 0 Å².